The third-order valence-corrected chi connectivity index (χ3v) is 2.65. The van der Waals surface area contributed by atoms with Crippen molar-refractivity contribution in [3.63, 3.8) is 0 Å². The topological polar surface area (TPSA) is 68.8 Å². The SMILES string of the molecule is Cc1cnn(CCNc2cccnc2C(N)=S)c1. The second-order valence-electron chi connectivity index (χ2n) is 3.97. The molecule has 0 unspecified atom stereocenters. The number of nitrogens with two attached hydrogens (primary N) is 1. The Hall–Kier alpha value is -1.95. The van der Waals surface area contributed by atoms with Gasteiger partial charge in [-0.2, -0.15) is 5.10 Å². The molecule has 2 aromatic heterocycles. The molecule has 18 heavy (non-hydrogen) atoms. The molecule has 0 spiro atoms. The Morgan fingerprint density at radius 2 is 2.39 bits per heavy atom. The standard InChI is InChI=1S/C12H15N5S/c1-9-7-16-17(8-9)6-5-14-10-3-2-4-15-11(10)12(13)18/h2-4,7-8,14H,5-6H2,1H3,(H2,13,18). The summed E-state index contributed by atoms with van der Waals surface area (Å²) < 4.78 is 1.89. The number of aromatic nitrogens is 3. The predicted octanol–water partition coefficient (Wildman–Crippen LogP) is 1.33. The quantitative estimate of drug-likeness (QED) is 0.795. The lowest BCUT2D eigenvalue weighted by Gasteiger charge is -2.09. The van der Waals surface area contributed by atoms with E-state index in [1.807, 2.05) is 36.1 Å². The minimum Gasteiger partial charge on any atom is -0.388 e. The third kappa shape index (κ3) is 3.04. The van der Waals surface area contributed by atoms with Gasteiger partial charge in [-0.15, -0.1) is 0 Å². The van der Waals surface area contributed by atoms with Gasteiger partial charge in [-0.3, -0.25) is 9.67 Å². The van der Waals surface area contributed by atoms with E-state index in [-0.39, 0.29) is 0 Å². The molecule has 2 aromatic rings. The molecule has 0 amide bonds. The van der Waals surface area contributed by atoms with Crippen LogP contribution in [0.3, 0.4) is 0 Å². The van der Waals surface area contributed by atoms with Crippen LogP contribution in [-0.2, 0) is 6.54 Å². The Bertz CT molecular complexity index is 549. The number of nitrogens with zero attached hydrogens (tertiary/aromatic N) is 3. The average molecular weight is 261 g/mol. The number of anilines is 1. The first-order chi connectivity index (χ1) is 8.66. The van der Waals surface area contributed by atoms with Gasteiger partial charge in [0.05, 0.1) is 18.4 Å². The summed E-state index contributed by atoms with van der Waals surface area (Å²) in [5.74, 6) is 0. The minimum atomic E-state index is 0.299. The Labute approximate surface area is 111 Å². The molecule has 0 aliphatic rings. The molecule has 0 fully saturated rings. The smallest absolute Gasteiger partial charge is 0.124 e. The largest absolute Gasteiger partial charge is 0.388 e. The summed E-state index contributed by atoms with van der Waals surface area (Å²) in [4.78, 5) is 4.46. The molecule has 94 valence electrons. The van der Waals surface area contributed by atoms with Gasteiger partial charge >= 0.3 is 0 Å². The van der Waals surface area contributed by atoms with Crippen molar-refractivity contribution in [2.75, 3.05) is 11.9 Å². The number of pyridine rings is 1. The van der Waals surface area contributed by atoms with Gasteiger partial charge in [0.2, 0.25) is 0 Å². The molecular weight excluding hydrogens is 246 g/mol. The van der Waals surface area contributed by atoms with Crippen LogP contribution in [0.5, 0.6) is 0 Å². The Morgan fingerprint density at radius 1 is 1.56 bits per heavy atom. The summed E-state index contributed by atoms with van der Waals surface area (Å²) in [6.45, 7) is 3.53. The van der Waals surface area contributed by atoms with Gasteiger partial charge in [0.1, 0.15) is 10.7 Å². The predicted molar refractivity (Wildman–Crippen MR) is 75.6 cm³/mol. The normalized spacial score (nSPS) is 10.3. The van der Waals surface area contributed by atoms with E-state index < -0.39 is 0 Å². The maximum atomic E-state index is 5.61. The van der Waals surface area contributed by atoms with Gasteiger partial charge in [0.25, 0.3) is 0 Å². The number of thiocarbonyl (C=S) groups is 1. The summed E-state index contributed by atoms with van der Waals surface area (Å²) >= 11 is 4.95. The molecule has 0 saturated heterocycles. The van der Waals surface area contributed by atoms with Gasteiger partial charge < -0.3 is 11.1 Å². The lowest BCUT2D eigenvalue weighted by Crippen LogP contribution is -2.17. The van der Waals surface area contributed by atoms with E-state index in [0.29, 0.717) is 10.7 Å². The molecular formula is C12H15N5S. The zero-order valence-corrected chi connectivity index (χ0v) is 10.9. The van der Waals surface area contributed by atoms with Crippen LogP contribution in [-0.4, -0.2) is 26.3 Å². The van der Waals surface area contributed by atoms with E-state index in [9.17, 15) is 0 Å². The van der Waals surface area contributed by atoms with Crippen molar-refractivity contribution in [3.8, 4) is 0 Å². The van der Waals surface area contributed by atoms with Crippen LogP contribution in [0.2, 0.25) is 0 Å². The van der Waals surface area contributed by atoms with Crippen LogP contribution in [0.25, 0.3) is 0 Å². The number of nitrogens with one attached hydrogen (secondary N) is 1. The van der Waals surface area contributed by atoms with Gasteiger partial charge in [-0.25, -0.2) is 0 Å². The lowest BCUT2D eigenvalue weighted by atomic mass is 10.3. The molecule has 6 heteroatoms. The van der Waals surface area contributed by atoms with Crippen molar-refractivity contribution in [1.29, 1.82) is 0 Å². The summed E-state index contributed by atoms with van der Waals surface area (Å²) in [7, 11) is 0. The van der Waals surface area contributed by atoms with Crippen molar-refractivity contribution in [2.45, 2.75) is 13.5 Å². The molecule has 0 aliphatic carbocycles. The summed E-state index contributed by atoms with van der Waals surface area (Å²) in [5, 5.41) is 7.48. The first-order valence-corrected chi connectivity index (χ1v) is 6.05. The van der Waals surface area contributed by atoms with Crippen LogP contribution in [0.15, 0.2) is 30.7 Å². The van der Waals surface area contributed by atoms with E-state index in [4.69, 9.17) is 18.0 Å². The van der Waals surface area contributed by atoms with E-state index in [1.165, 1.54) is 0 Å². The van der Waals surface area contributed by atoms with E-state index in [2.05, 4.69) is 15.4 Å². The van der Waals surface area contributed by atoms with Crippen molar-refractivity contribution < 1.29 is 0 Å². The van der Waals surface area contributed by atoms with Crippen LogP contribution >= 0.6 is 12.2 Å². The number of hydrogen-bond acceptors (Lipinski definition) is 4. The van der Waals surface area contributed by atoms with E-state index in [0.717, 1.165) is 24.3 Å². The zero-order valence-electron chi connectivity index (χ0n) is 10.1. The number of aryl methyl sites for hydroxylation is 1. The summed E-state index contributed by atoms with van der Waals surface area (Å²) in [6.07, 6.45) is 5.51. The first-order valence-electron chi connectivity index (χ1n) is 5.64. The second kappa shape index (κ2) is 5.59. The molecule has 0 bridgehead atoms. The van der Waals surface area contributed by atoms with Crippen molar-refractivity contribution >= 4 is 22.9 Å². The Morgan fingerprint density at radius 3 is 3.06 bits per heavy atom. The van der Waals surface area contributed by atoms with E-state index in [1.54, 1.807) is 6.20 Å². The van der Waals surface area contributed by atoms with E-state index >= 15 is 0 Å². The fourth-order valence-corrected chi connectivity index (χ4v) is 1.80. The monoisotopic (exact) mass is 261 g/mol. The molecule has 3 N–H and O–H groups in total. The zero-order chi connectivity index (χ0) is 13.0. The summed E-state index contributed by atoms with van der Waals surface area (Å²) in [6, 6.07) is 3.76. The molecule has 2 rings (SSSR count). The van der Waals surface area contributed by atoms with Crippen LogP contribution in [0.4, 0.5) is 5.69 Å². The average Bonchev–Trinajstić information content (AvgIpc) is 2.75. The Kier molecular flexibility index (Phi) is 3.88. The first kappa shape index (κ1) is 12.5. The number of rotatable bonds is 5. The maximum absolute atomic E-state index is 5.61. The highest BCUT2D eigenvalue weighted by molar-refractivity contribution is 7.80. The van der Waals surface area contributed by atoms with Crippen LogP contribution in [0.1, 0.15) is 11.3 Å². The Balaban J connectivity index is 1.96. The van der Waals surface area contributed by atoms with Gasteiger partial charge in [0, 0.05) is 18.9 Å². The second-order valence-corrected chi connectivity index (χ2v) is 4.41. The highest BCUT2D eigenvalue weighted by Crippen LogP contribution is 2.11. The molecule has 0 saturated carbocycles. The fourth-order valence-electron chi connectivity index (χ4n) is 1.64. The molecule has 0 radical (unpaired) electrons. The van der Waals surface area contributed by atoms with Gasteiger partial charge in [-0.1, -0.05) is 12.2 Å². The molecule has 2 heterocycles. The lowest BCUT2D eigenvalue weighted by molar-refractivity contribution is 0.637. The minimum absolute atomic E-state index is 0.299. The van der Waals surface area contributed by atoms with Gasteiger partial charge in [-0.05, 0) is 24.6 Å². The molecule has 0 aromatic carbocycles. The number of hydrogen-bond donors (Lipinski definition) is 2. The highest BCUT2D eigenvalue weighted by Gasteiger charge is 2.05. The van der Waals surface area contributed by atoms with Crippen molar-refractivity contribution in [3.05, 3.63) is 42.0 Å². The fraction of sp³-hybridized carbons (Fsp3) is 0.250. The maximum Gasteiger partial charge on any atom is 0.124 e. The van der Waals surface area contributed by atoms with Crippen molar-refractivity contribution in [1.82, 2.24) is 14.8 Å². The molecule has 0 aliphatic heterocycles. The van der Waals surface area contributed by atoms with Gasteiger partial charge in [0.15, 0.2) is 0 Å². The van der Waals surface area contributed by atoms with Crippen molar-refractivity contribution in [2.24, 2.45) is 5.73 Å². The highest BCUT2D eigenvalue weighted by atomic mass is 32.1. The molecule has 0 atom stereocenters. The third-order valence-electron chi connectivity index (χ3n) is 2.46. The van der Waals surface area contributed by atoms with Crippen LogP contribution < -0.4 is 11.1 Å². The summed E-state index contributed by atoms with van der Waals surface area (Å²) in [5.41, 5.74) is 8.25. The van der Waals surface area contributed by atoms with Crippen LogP contribution in [0, 0.1) is 6.92 Å². The molecule has 5 nitrogen and oxygen atoms in total.